The van der Waals surface area contributed by atoms with Crippen LogP contribution in [0.4, 0.5) is 0 Å². The van der Waals surface area contributed by atoms with Gasteiger partial charge in [0, 0.05) is 0 Å². The van der Waals surface area contributed by atoms with Gasteiger partial charge >= 0.3 is 11.9 Å². The lowest BCUT2D eigenvalue weighted by atomic mass is 9.87. The number of hydrogen-bond donors (Lipinski definition) is 0. The summed E-state index contributed by atoms with van der Waals surface area (Å²) < 4.78 is 0. The first kappa shape index (κ1) is 15.9. The first-order chi connectivity index (χ1) is 8.82. The van der Waals surface area contributed by atoms with Gasteiger partial charge in [0.1, 0.15) is 6.61 Å². The Morgan fingerprint density at radius 1 is 1.26 bits per heavy atom. The van der Waals surface area contributed by atoms with Gasteiger partial charge in [0.15, 0.2) is 0 Å². The predicted octanol–water partition coefficient (Wildman–Crippen LogP) is 2.31. The molecule has 6 heteroatoms. The molecule has 1 aliphatic heterocycles. The molecule has 1 atom stereocenters. The Hall–Kier alpha value is -1.14. The highest BCUT2D eigenvalue weighted by molar-refractivity contribution is 5.81. The van der Waals surface area contributed by atoms with E-state index in [4.69, 9.17) is 0 Å². The van der Waals surface area contributed by atoms with Crippen LogP contribution in [0.15, 0.2) is 0 Å². The summed E-state index contributed by atoms with van der Waals surface area (Å²) >= 11 is 0. The van der Waals surface area contributed by atoms with Crippen LogP contribution in [0.3, 0.4) is 0 Å². The summed E-state index contributed by atoms with van der Waals surface area (Å²) in [6.45, 7) is 7.21. The summed E-state index contributed by atoms with van der Waals surface area (Å²) in [6.07, 6.45) is 3.75. The van der Waals surface area contributed by atoms with Gasteiger partial charge in [-0.2, -0.15) is 0 Å². The summed E-state index contributed by atoms with van der Waals surface area (Å²) in [4.78, 5) is 41.5. The zero-order chi connectivity index (χ0) is 14.5. The zero-order valence-electron chi connectivity index (χ0n) is 12.0. The minimum absolute atomic E-state index is 0.0866. The van der Waals surface area contributed by atoms with Gasteiger partial charge in [-0.1, -0.05) is 26.2 Å². The van der Waals surface area contributed by atoms with Crippen LogP contribution in [0.1, 0.15) is 53.4 Å². The van der Waals surface area contributed by atoms with E-state index in [1.807, 2.05) is 0 Å². The number of carbonyl (C=O) groups excluding carboxylic acids is 2. The molecule has 110 valence electrons. The van der Waals surface area contributed by atoms with E-state index in [1.54, 1.807) is 13.8 Å². The van der Waals surface area contributed by atoms with Crippen LogP contribution in [0.2, 0.25) is 0 Å². The van der Waals surface area contributed by atoms with Crippen molar-refractivity contribution in [3.63, 3.8) is 0 Å². The Balaban J connectivity index is 2.35. The number of unbranched alkanes of at least 4 members (excludes halogenated alkanes) is 2. The fourth-order valence-electron chi connectivity index (χ4n) is 1.52. The summed E-state index contributed by atoms with van der Waals surface area (Å²) in [6, 6.07) is 0. The first-order valence-corrected chi connectivity index (χ1v) is 6.56. The molecule has 19 heavy (non-hydrogen) atoms. The van der Waals surface area contributed by atoms with Crippen LogP contribution in [-0.2, 0) is 29.1 Å². The molecule has 0 aromatic carbocycles. The molecule has 1 aliphatic rings. The number of carbonyl (C=O) groups is 2. The van der Waals surface area contributed by atoms with E-state index in [0.717, 1.165) is 19.3 Å². The molecule has 0 aromatic heterocycles. The fourth-order valence-corrected chi connectivity index (χ4v) is 1.52. The van der Waals surface area contributed by atoms with Crippen LogP contribution < -0.4 is 0 Å². The van der Waals surface area contributed by atoms with Gasteiger partial charge in [-0.3, -0.25) is 0 Å². The van der Waals surface area contributed by atoms with E-state index in [0.29, 0.717) is 6.42 Å². The quantitative estimate of drug-likeness (QED) is 0.420. The van der Waals surface area contributed by atoms with Gasteiger partial charge in [-0.15, -0.1) is 0 Å². The third kappa shape index (κ3) is 4.18. The maximum atomic E-state index is 11.8. The normalized spacial score (nSPS) is 22.5. The lowest BCUT2D eigenvalue weighted by molar-refractivity contribution is -0.459. The van der Waals surface area contributed by atoms with Gasteiger partial charge in [-0.25, -0.2) is 29.1 Å². The second kappa shape index (κ2) is 6.34. The largest absolute Gasteiger partial charge is 0.392 e. The van der Waals surface area contributed by atoms with Crippen LogP contribution in [0.5, 0.6) is 0 Å². The molecule has 0 spiro atoms. The smallest absolute Gasteiger partial charge is 0.247 e. The van der Waals surface area contributed by atoms with Gasteiger partial charge in [0.05, 0.1) is 5.41 Å². The van der Waals surface area contributed by atoms with E-state index < -0.39 is 23.0 Å². The summed E-state index contributed by atoms with van der Waals surface area (Å²) in [7, 11) is 0. The highest BCUT2D eigenvalue weighted by atomic mass is 17.3. The van der Waals surface area contributed by atoms with Crippen LogP contribution in [0.25, 0.3) is 0 Å². The molecule has 0 amide bonds. The molecule has 1 saturated heterocycles. The van der Waals surface area contributed by atoms with Crippen LogP contribution in [0, 0.1) is 5.41 Å². The molecule has 1 heterocycles. The van der Waals surface area contributed by atoms with Gasteiger partial charge in [0.25, 0.3) is 0 Å². The molecule has 1 rings (SSSR count). The lowest BCUT2D eigenvalue weighted by Crippen LogP contribution is -2.52. The van der Waals surface area contributed by atoms with Crippen molar-refractivity contribution >= 4 is 11.9 Å². The monoisotopic (exact) mass is 274 g/mol. The van der Waals surface area contributed by atoms with Crippen molar-refractivity contribution in [3.05, 3.63) is 0 Å². The zero-order valence-corrected chi connectivity index (χ0v) is 12.0. The minimum Gasteiger partial charge on any atom is -0.247 e. The molecule has 0 radical (unpaired) electrons. The van der Waals surface area contributed by atoms with Crippen molar-refractivity contribution < 1.29 is 29.1 Å². The summed E-state index contributed by atoms with van der Waals surface area (Å²) in [5.41, 5.74) is -1.85. The van der Waals surface area contributed by atoms with Crippen LogP contribution in [-0.4, -0.2) is 24.1 Å². The van der Waals surface area contributed by atoms with E-state index in [2.05, 4.69) is 26.5 Å². The number of hydrogen-bond acceptors (Lipinski definition) is 6. The average Bonchev–Trinajstić information content (AvgIpc) is 2.32. The standard InChI is InChI=1S/C13H22O6/c1-5-6-7-8-12(2,3)10(14)17-18-11(15)13(4)9-16-19-13/h5-9H2,1-4H3. The highest BCUT2D eigenvalue weighted by Crippen LogP contribution is 2.27. The van der Waals surface area contributed by atoms with Crippen molar-refractivity contribution in [1.82, 2.24) is 0 Å². The van der Waals surface area contributed by atoms with Gasteiger partial charge in [0.2, 0.25) is 5.60 Å². The average molecular weight is 274 g/mol. The Kier molecular flexibility index (Phi) is 5.31. The minimum atomic E-state index is -1.17. The Bertz CT molecular complexity index is 332. The van der Waals surface area contributed by atoms with Crippen molar-refractivity contribution in [3.8, 4) is 0 Å². The molecule has 1 unspecified atom stereocenters. The van der Waals surface area contributed by atoms with E-state index >= 15 is 0 Å². The summed E-state index contributed by atoms with van der Waals surface area (Å²) in [5, 5.41) is 0. The predicted molar refractivity (Wildman–Crippen MR) is 65.5 cm³/mol. The maximum absolute atomic E-state index is 11.8. The number of rotatable bonds is 6. The molecule has 0 N–H and O–H groups in total. The summed E-state index contributed by atoms with van der Waals surface area (Å²) in [5.74, 6) is -1.32. The second-order valence-corrected chi connectivity index (χ2v) is 5.66. The fraction of sp³-hybridized carbons (Fsp3) is 0.846. The molecule has 0 aromatic rings. The Morgan fingerprint density at radius 2 is 1.89 bits per heavy atom. The van der Waals surface area contributed by atoms with E-state index in [-0.39, 0.29) is 6.61 Å². The highest BCUT2D eigenvalue weighted by Gasteiger charge is 2.47. The molecule has 0 bridgehead atoms. The molecule has 1 fully saturated rings. The molecule has 0 saturated carbocycles. The van der Waals surface area contributed by atoms with Crippen molar-refractivity contribution in [1.29, 1.82) is 0 Å². The first-order valence-electron chi connectivity index (χ1n) is 6.56. The Labute approximate surface area is 113 Å². The molecule has 6 nitrogen and oxygen atoms in total. The van der Waals surface area contributed by atoms with Gasteiger partial charge in [-0.05, 0) is 27.2 Å². The SMILES string of the molecule is CCCCCC(C)(C)C(=O)OOC(=O)C1(C)COO1. The molecule has 0 aliphatic carbocycles. The topological polar surface area (TPSA) is 71.1 Å². The molecular formula is C13H22O6. The van der Waals surface area contributed by atoms with E-state index in [9.17, 15) is 9.59 Å². The lowest BCUT2D eigenvalue weighted by Gasteiger charge is -2.32. The third-order valence-electron chi connectivity index (χ3n) is 3.16. The van der Waals surface area contributed by atoms with Crippen molar-refractivity contribution in [2.24, 2.45) is 5.41 Å². The molecular weight excluding hydrogens is 252 g/mol. The van der Waals surface area contributed by atoms with Crippen molar-refractivity contribution in [2.75, 3.05) is 6.61 Å². The Morgan fingerprint density at radius 3 is 2.37 bits per heavy atom. The maximum Gasteiger partial charge on any atom is 0.392 e. The van der Waals surface area contributed by atoms with Crippen molar-refractivity contribution in [2.45, 2.75) is 59.0 Å². The van der Waals surface area contributed by atoms with E-state index in [1.165, 1.54) is 6.92 Å². The van der Waals surface area contributed by atoms with Crippen LogP contribution >= 0.6 is 0 Å². The van der Waals surface area contributed by atoms with Gasteiger partial charge < -0.3 is 0 Å². The second-order valence-electron chi connectivity index (χ2n) is 5.66. The third-order valence-corrected chi connectivity index (χ3v) is 3.16.